The number of nitrogens with one attached hydrogen (secondary N) is 3. The first-order chi connectivity index (χ1) is 12.2. The van der Waals surface area contributed by atoms with Crippen LogP contribution < -0.4 is 11.2 Å². The number of aromatic amines is 3. The molecule has 0 saturated carbocycles. The van der Waals surface area contributed by atoms with Gasteiger partial charge in [0.05, 0.1) is 17.5 Å². The quantitative estimate of drug-likeness (QED) is 0.525. The minimum atomic E-state index is -0.581. The fourth-order valence-electron chi connectivity index (χ4n) is 2.76. The summed E-state index contributed by atoms with van der Waals surface area (Å²) in [6.07, 6.45) is 3.59. The van der Waals surface area contributed by atoms with Crippen molar-refractivity contribution in [3.63, 3.8) is 0 Å². The minimum Gasteiger partial charge on any atom is -0.332 e. The van der Waals surface area contributed by atoms with Gasteiger partial charge in [-0.3, -0.25) is 19.4 Å². The van der Waals surface area contributed by atoms with E-state index in [1.807, 2.05) is 30.3 Å². The predicted octanol–water partition coefficient (Wildman–Crippen LogP) is 1.49. The summed E-state index contributed by atoms with van der Waals surface area (Å²) < 4.78 is 1.19. The maximum Gasteiger partial charge on any atom is 0.334 e. The highest BCUT2D eigenvalue weighted by Gasteiger charge is 2.16. The van der Waals surface area contributed by atoms with E-state index >= 15 is 0 Å². The summed E-state index contributed by atoms with van der Waals surface area (Å²) in [5.74, 6) is 0.460. The van der Waals surface area contributed by atoms with E-state index in [0.29, 0.717) is 12.2 Å². The van der Waals surface area contributed by atoms with Gasteiger partial charge in [-0.1, -0.05) is 36.9 Å². The van der Waals surface area contributed by atoms with E-state index < -0.39 is 11.2 Å². The number of imidazole rings is 1. The number of hydrogen-bond donors (Lipinski definition) is 3. The first kappa shape index (κ1) is 14.9. The van der Waals surface area contributed by atoms with E-state index in [2.05, 4.69) is 31.7 Å². The molecule has 0 atom stereocenters. The van der Waals surface area contributed by atoms with Crippen molar-refractivity contribution in [1.29, 1.82) is 0 Å². The molecule has 3 aromatic heterocycles. The Morgan fingerprint density at radius 1 is 1.16 bits per heavy atom. The minimum absolute atomic E-state index is 0.210. The molecule has 4 rings (SSSR count). The molecule has 0 aliphatic carbocycles. The highest BCUT2D eigenvalue weighted by Crippen LogP contribution is 2.22. The van der Waals surface area contributed by atoms with Gasteiger partial charge in [0, 0.05) is 12.6 Å². The van der Waals surface area contributed by atoms with E-state index in [-0.39, 0.29) is 11.2 Å². The van der Waals surface area contributed by atoms with Gasteiger partial charge in [-0.15, -0.1) is 0 Å². The second-order valence-electron chi connectivity index (χ2n) is 5.52. The van der Waals surface area contributed by atoms with Crippen LogP contribution >= 0.6 is 0 Å². The van der Waals surface area contributed by atoms with Gasteiger partial charge in [-0.2, -0.15) is 5.10 Å². The lowest BCUT2D eigenvalue weighted by molar-refractivity contribution is 0.974. The second-order valence-corrected chi connectivity index (χ2v) is 5.52. The van der Waals surface area contributed by atoms with E-state index in [1.54, 1.807) is 6.20 Å². The normalized spacial score (nSPS) is 11.0. The van der Waals surface area contributed by atoms with Crippen molar-refractivity contribution in [1.82, 2.24) is 29.7 Å². The monoisotopic (exact) mass is 334 g/mol. The lowest BCUT2D eigenvalue weighted by Crippen LogP contribution is -2.27. The van der Waals surface area contributed by atoms with Crippen molar-refractivity contribution < 1.29 is 0 Å². The van der Waals surface area contributed by atoms with Gasteiger partial charge in [0.25, 0.3) is 5.56 Å². The van der Waals surface area contributed by atoms with Crippen molar-refractivity contribution in [2.24, 2.45) is 0 Å². The molecule has 0 radical (unpaired) electrons. The molecule has 0 amide bonds. The molecule has 0 bridgehead atoms. The standard InChI is InChI=1S/C17H14N6O2/c1-2-23-15-13(16(24)21-17(23)25)19-14(20-15)11-9-18-22-12(11)8-10-6-4-3-5-7-10/h2-7,9H,1,8H2,(H,18,22)(H,19,20)(H,21,24,25). The fraction of sp³-hybridized carbons (Fsp3) is 0.0588. The third kappa shape index (κ3) is 2.49. The molecule has 3 heterocycles. The first-order valence-electron chi connectivity index (χ1n) is 7.61. The lowest BCUT2D eigenvalue weighted by atomic mass is 10.1. The lowest BCUT2D eigenvalue weighted by Gasteiger charge is -2.01. The Labute approximate surface area is 140 Å². The number of aromatic nitrogens is 6. The number of nitrogens with zero attached hydrogens (tertiary/aromatic N) is 3. The maximum atomic E-state index is 12.0. The largest absolute Gasteiger partial charge is 0.334 e. The van der Waals surface area contributed by atoms with Crippen LogP contribution in [0.3, 0.4) is 0 Å². The van der Waals surface area contributed by atoms with Crippen molar-refractivity contribution in [3.05, 3.63) is 75.2 Å². The van der Waals surface area contributed by atoms with Crippen LogP contribution in [0.1, 0.15) is 11.3 Å². The molecule has 4 aromatic rings. The molecule has 3 N–H and O–H groups in total. The van der Waals surface area contributed by atoms with Crippen LogP contribution in [0.4, 0.5) is 0 Å². The molecule has 0 aliphatic heterocycles. The average Bonchev–Trinajstić information content (AvgIpc) is 3.23. The van der Waals surface area contributed by atoms with Crippen LogP contribution in [-0.4, -0.2) is 29.7 Å². The number of benzene rings is 1. The Kier molecular flexibility index (Phi) is 3.42. The molecule has 0 spiro atoms. The smallest absolute Gasteiger partial charge is 0.332 e. The second kappa shape index (κ2) is 5.75. The Morgan fingerprint density at radius 3 is 2.72 bits per heavy atom. The van der Waals surface area contributed by atoms with Crippen LogP contribution in [0.5, 0.6) is 0 Å². The van der Waals surface area contributed by atoms with Gasteiger partial charge in [-0.25, -0.2) is 9.78 Å². The first-order valence-corrected chi connectivity index (χ1v) is 7.61. The summed E-state index contributed by atoms with van der Waals surface area (Å²) in [5.41, 5.74) is 2.04. The molecule has 1 aromatic carbocycles. The number of rotatable bonds is 4. The van der Waals surface area contributed by atoms with Gasteiger partial charge in [0.15, 0.2) is 11.2 Å². The third-order valence-corrected chi connectivity index (χ3v) is 3.96. The summed E-state index contributed by atoms with van der Waals surface area (Å²) in [4.78, 5) is 33.5. The van der Waals surface area contributed by atoms with Crippen molar-refractivity contribution >= 4 is 17.4 Å². The van der Waals surface area contributed by atoms with Crippen LogP contribution in [-0.2, 0) is 6.42 Å². The molecule has 124 valence electrons. The van der Waals surface area contributed by atoms with Crippen molar-refractivity contribution in [3.8, 4) is 11.4 Å². The highest BCUT2D eigenvalue weighted by atomic mass is 16.2. The molecule has 8 nitrogen and oxygen atoms in total. The molecule has 0 aliphatic rings. The molecular formula is C17H14N6O2. The van der Waals surface area contributed by atoms with Crippen LogP contribution in [0.2, 0.25) is 0 Å². The molecule has 0 fully saturated rings. The zero-order valence-corrected chi connectivity index (χ0v) is 13.1. The number of H-pyrrole nitrogens is 3. The van der Waals surface area contributed by atoms with Crippen molar-refractivity contribution in [2.75, 3.05) is 0 Å². The predicted molar refractivity (Wildman–Crippen MR) is 94.2 cm³/mol. The van der Waals surface area contributed by atoms with Gasteiger partial charge in [0.1, 0.15) is 5.82 Å². The number of hydrogen-bond acceptors (Lipinski definition) is 4. The summed E-state index contributed by atoms with van der Waals surface area (Å²) in [7, 11) is 0. The van der Waals surface area contributed by atoms with E-state index in [0.717, 1.165) is 16.8 Å². The third-order valence-electron chi connectivity index (χ3n) is 3.96. The van der Waals surface area contributed by atoms with Crippen LogP contribution in [0.15, 0.2) is 52.7 Å². The topological polar surface area (TPSA) is 112 Å². The Morgan fingerprint density at radius 2 is 1.96 bits per heavy atom. The zero-order valence-electron chi connectivity index (χ0n) is 13.1. The zero-order chi connectivity index (χ0) is 17.4. The van der Waals surface area contributed by atoms with E-state index in [9.17, 15) is 9.59 Å². The Bertz CT molecular complexity index is 1180. The maximum absolute atomic E-state index is 12.0. The highest BCUT2D eigenvalue weighted by molar-refractivity contribution is 5.77. The van der Waals surface area contributed by atoms with Gasteiger partial charge >= 0.3 is 5.69 Å². The van der Waals surface area contributed by atoms with Crippen LogP contribution in [0, 0.1) is 0 Å². The summed E-state index contributed by atoms with van der Waals surface area (Å²) in [5, 5.41) is 7.05. The molecular weight excluding hydrogens is 320 g/mol. The summed E-state index contributed by atoms with van der Waals surface area (Å²) >= 11 is 0. The van der Waals surface area contributed by atoms with Crippen molar-refractivity contribution in [2.45, 2.75) is 6.42 Å². The van der Waals surface area contributed by atoms with Crippen LogP contribution in [0.25, 0.3) is 28.8 Å². The SMILES string of the molecule is C=Cn1c(=O)[nH]c(=O)c2[nH]c(-c3cn[nH]c3Cc3ccccc3)nc21. The Hall–Kier alpha value is -3.68. The fourth-order valence-corrected chi connectivity index (χ4v) is 2.76. The van der Waals surface area contributed by atoms with Gasteiger partial charge < -0.3 is 4.98 Å². The van der Waals surface area contributed by atoms with Gasteiger partial charge in [-0.05, 0) is 5.56 Å². The Balaban J connectivity index is 1.85. The van der Waals surface area contributed by atoms with E-state index in [4.69, 9.17) is 0 Å². The van der Waals surface area contributed by atoms with Gasteiger partial charge in [0.2, 0.25) is 0 Å². The molecule has 25 heavy (non-hydrogen) atoms. The molecule has 8 heteroatoms. The number of fused-ring (bicyclic) bond motifs is 1. The summed E-state index contributed by atoms with van der Waals surface area (Å²) in [6, 6.07) is 9.92. The summed E-state index contributed by atoms with van der Waals surface area (Å²) in [6.45, 7) is 3.59. The average molecular weight is 334 g/mol. The molecule has 0 saturated heterocycles. The molecule has 0 unspecified atom stereocenters. The van der Waals surface area contributed by atoms with E-state index in [1.165, 1.54) is 10.8 Å².